The summed E-state index contributed by atoms with van der Waals surface area (Å²) >= 11 is 0. The molecule has 0 spiro atoms. The quantitative estimate of drug-likeness (QED) is 0.454. The van der Waals surface area contributed by atoms with E-state index in [1.165, 1.54) is 37.7 Å². The van der Waals surface area contributed by atoms with Gasteiger partial charge in [-0.2, -0.15) is 0 Å². The summed E-state index contributed by atoms with van der Waals surface area (Å²) in [5, 5.41) is 0. The van der Waals surface area contributed by atoms with E-state index in [1.54, 1.807) is 6.08 Å². The summed E-state index contributed by atoms with van der Waals surface area (Å²) in [6, 6.07) is 21.0. The molecule has 0 radical (unpaired) electrons. The minimum atomic E-state index is -0.219. The van der Waals surface area contributed by atoms with Crippen LogP contribution in [0.3, 0.4) is 0 Å². The van der Waals surface area contributed by atoms with E-state index in [1.807, 2.05) is 36.4 Å². The van der Waals surface area contributed by atoms with Gasteiger partial charge in [0.15, 0.2) is 0 Å². The molecule has 4 aliphatic carbocycles. The van der Waals surface area contributed by atoms with Crippen molar-refractivity contribution in [2.24, 2.45) is 16.7 Å². The standard InChI is InChI=1S/C27H30O2/c1-25-14-22-15-26(17-25,19-27(16-22,18-25)23-10-6-3-7-11-23)20-29-24(28)13-12-21-8-4-2-5-9-21/h2-13,22H,14-20H2,1H3/b13-12+. The second-order valence-corrected chi connectivity index (χ2v) is 10.3. The summed E-state index contributed by atoms with van der Waals surface area (Å²) in [4.78, 5) is 12.4. The van der Waals surface area contributed by atoms with E-state index in [-0.39, 0.29) is 16.8 Å². The topological polar surface area (TPSA) is 26.3 Å². The Bertz CT molecular complexity index is 918. The van der Waals surface area contributed by atoms with Crippen LogP contribution in [0.15, 0.2) is 66.7 Å². The van der Waals surface area contributed by atoms with Crippen molar-refractivity contribution in [1.82, 2.24) is 0 Å². The average molecular weight is 387 g/mol. The van der Waals surface area contributed by atoms with Crippen LogP contribution in [0.2, 0.25) is 0 Å². The van der Waals surface area contributed by atoms with Crippen LogP contribution in [-0.2, 0) is 14.9 Å². The zero-order valence-electron chi connectivity index (χ0n) is 17.3. The summed E-state index contributed by atoms with van der Waals surface area (Å²) in [5.41, 5.74) is 3.30. The molecule has 4 saturated carbocycles. The molecule has 150 valence electrons. The van der Waals surface area contributed by atoms with Gasteiger partial charge >= 0.3 is 5.97 Å². The monoisotopic (exact) mass is 386 g/mol. The first-order valence-corrected chi connectivity index (χ1v) is 10.9. The van der Waals surface area contributed by atoms with Crippen molar-refractivity contribution in [2.75, 3.05) is 6.61 Å². The van der Waals surface area contributed by atoms with Crippen molar-refractivity contribution < 1.29 is 9.53 Å². The highest BCUT2D eigenvalue weighted by atomic mass is 16.5. The van der Waals surface area contributed by atoms with Crippen molar-refractivity contribution in [2.45, 2.75) is 50.9 Å². The molecule has 2 aromatic carbocycles. The first-order valence-electron chi connectivity index (χ1n) is 10.9. The average Bonchev–Trinajstić information content (AvgIpc) is 2.70. The fourth-order valence-corrected chi connectivity index (χ4v) is 7.41. The Hall–Kier alpha value is -2.35. The first kappa shape index (κ1) is 18.7. The molecular formula is C27H30O2. The molecule has 4 atom stereocenters. The minimum Gasteiger partial charge on any atom is -0.462 e. The van der Waals surface area contributed by atoms with E-state index in [0.717, 1.165) is 17.9 Å². The predicted molar refractivity (Wildman–Crippen MR) is 116 cm³/mol. The number of esters is 1. The van der Waals surface area contributed by atoms with E-state index in [9.17, 15) is 4.79 Å². The molecule has 0 saturated heterocycles. The second-order valence-electron chi connectivity index (χ2n) is 10.3. The molecule has 4 unspecified atom stereocenters. The Balaban J connectivity index is 1.34. The molecular weight excluding hydrogens is 356 g/mol. The molecule has 4 fully saturated rings. The van der Waals surface area contributed by atoms with Gasteiger partial charge in [-0.1, -0.05) is 67.6 Å². The maximum absolute atomic E-state index is 12.4. The van der Waals surface area contributed by atoms with E-state index in [4.69, 9.17) is 4.74 Å². The van der Waals surface area contributed by atoms with E-state index in [2.05, 4.69) is 37.3 Å². The maximum Gasteiger partial charge on any atom is 0.330 e. The molecule has 4 bridgehead atoms. The van der Waals surface area contributed by atoms with Gasteiger partial charge in [0.2, 0.25) is 0 Å². The molecule has 4 aliphatic rings. The van der Waals surface area contributed by atoms with Gasteiger partial charge in [0.1, 0.15) is 0 Å². The summed E-state index contributed by atoms with van der Waals surface area (Å²) in [7, 11) is 0. The van der Waals surface area contributed by atoms with E-state index >= 15 is 0 Å². The van der Waals surface area contributed by atoms with Gasteiger partial charge in [0.25, 0.3) is 0 Å². The third kappa shape index (κ3) is 3.54. The van der Waals surface area contributed by atoms with Crippen molar-refractivity contribution >= 4 is 12.0 Å². The number of hydrogen-bond donors (Lipinski definition) is 0. The summed E-state index contributed by atoms with van der Waals surface area (Å²) in [5.74, 6) is 0.540. The van der Waals surface area contributed by atoms with Crippen LogP contribution in [0.25, 0.3) is 6.08 Å². The Labute approximate surface area is 174 Å². The fourth-order valence-electron chi connectivity index (χ4n) is 7.41. The number of carbonyl (C=O) groups excluding carboxylic acids is 1. The third-order valence-electron chi connectivity index (χ3n) is 7.58. The van der Waals surface area contributed by atoms with Crippen molar-refractivity contribution in [1.29, 1.82) is 0 Å². The molecule has 0 N–H and O–H groups in total. The Kier molecular flexibility index (Phi) is 4.42. The third-order valence-corrected chi connectivity index (χ3v) is 7.58. The fraction of sp³-hybridized carbons (Fsp3) is 0.444. The largest absolute Gasteiger partial charge is 0.462 e. The highest BCUT2D eigenvalue weighted by Gasteiger charge is 2.62. The lowest BCUT2D eigenvalue weighted by Gasteiger charge is -2.66. The highest BCUT2D eigenvalue weighted by molar-refractivity contribution is 5.87. The summed E-state index contributed by atoms with van der Waals surface area (Å²) in [6.45, 7) is 3.03. The molecule has 6 rings (SSSR count). The highest BCUT2D eigenvalue weighted by Crippen LogP contribution is 2.70. The van der Waals surface area contributed by atoms with Crippen molar-refractivity contribution in [3.63, 3.8) is 0 Å². The summed E-state index contributed by atoms with van der Waals surface area (Å²) < 4.78 is 5.85. The van der Waals surface area contributed by atoms with Gasteiger partial charge in [0.05, 0.1) is 6.61 Å². The lowest BCUT2D eigenvalue weighted by molar-refractivity contribution is -0.163. The Morgan fingerprint density at radius 1 is 0.966 bits per heavy atom. The normalized spacial score (nSPS) is 35.1. The van der Waals surface area contributed by atoms with Crippen LogP contribution in [0.5, 0.6) is 0 Å². The predicted octanol–water partition coefficient (Wildman–Crippen LogP) is 6.17. The SMILES string of the molecule is CC12CC3CC(COC(=O)/C=C/c4ccccc4)(C1)CC(c1ccccc1)(C3)C2. The molecule has 2 nitrogen and oxygen atoms in total. The number of benzene rings is 2. The zero-order chi connectivity index (χ0) is 20.0. The molecule has 0 amide bonds. The number of carbonyl (C=O) groups is 1. The molecule has 2 aromatic rings. The van der Waals surface area contributed by atoms with Gasteiger partial charge < -0.3 is 4.74 Å². The summed E-state index contributed by atoms with van der Waals surface area (Å²) in [6.07, 6.45) is 10.9. The molecule has 0 aliphatic heterocycles. The number of rotatable bonds is 5. The molecule has 0 aromatic heterocycles. The van der Waals surface area contributed by atoms with Crippen LogP contribution >= 0.6 is 0 Å². The van der Waals surface area contributed by atoms with Crippen LogP contribution in [0, 0.1) is 16.7 Å². The zero-order valence-corrected chi connectivity index (χ0v) is 17.3. The Morgan fingerprint density at radius 2 is 1.69 bits per heavy atom. The van der Waals surface area contributed by atoms with Crippen molar-refractivity contribution in [3.8, 4) is 0 Å². The van der Waals surface area contributed by atoms with E-state index in [0.29, 0.717) is 12.0 Å². The number of hydrogen-bond acceptors (Lipinski definition) is 2. The minimum absolute atomic E-state index is 0.139. The van der Waals surface area contributed by atoms with Crippen LogP contribution in [-0.4, -0.2) is 12.6 Å². The van der Waals surface area contributed by atoms with Gasteiger partial charge in [-0.05, 0) is 72.5 Å². The first-order chi connectivity index (χ1) is 14.0. The second kappa shape index (κ2) is 6.86. The lowest BCUT2D eigenvalue weighted by atomic mass is 9.39. The van der Waals surface area contributed by atoms with Gasteiger partial charge in [-0.25, -0.2) is 4.79 Å². The number of ether oxygens (including phenoxy) is 1. The van der Waals surface area contributed by atoms with Crippen molar-refractivity contribution in [3.05, 3.63) is 77.9 Å². The molecule has 29 heavy (non-hydrogen) atoms. The van der Waals surface area contributed by atoms with Gasteiger partial charge in [-0.3, -0.25) is 0 Å². The molecule has 2 heteroatoms. The van der Waals surface area contributed by atoms with Crippen LogP contribution in [0.4, 0.5) is 0 Å². The lowest BCUT2D eigenvalue weighted by Crippen LogP contribution is -2.59. The Morgan fingerprint density at radius 3 is 2.41 bits per heavy atom. The van der Waals surface area contributed by atoms with Gasteiger partial charge in [0, 0.05) is 11.5 Å². The van der Waals surface area contributed by atoms with Crippen LogP contribution in [0.1, 0.15) is 56.6 Å². The van der Waals surface area contributed by atoms with E-state index < -0.39 is 0 Å². The maximum atomic E-state index is 12.4. The van der Waals surface area contributed by atoms with Gasteiger partial charge in [-0.15, -0.1) is 0 Å². The molecule has 0 heterocycles. The smallest absolute Gasteiger partial charge is 0.330 e. The van der Waals surface area contributed by atoms with Crippen LogP contribution < -0.4 is 0 Å².